The summed E-state index contributed by atoms with van der Waals surface area (Å²) in [5, 5.41) is 3.38. The summed E-state index contributed by atoms with van der Waals surface area (Å²) in [6.07, 6.45) is 3.54. The molecule has 28 heavy (non-hydrogen) atoms. The molecule has 3 rings (SSSR count). The molecule has 2 aromatic rings. The van der Waals surface area contributed by atoms with E-state index < -0.39 is 0 Å². The first-order valence-electron chi connectivity index (χ1n) is 9.81. The predicted molar refractivity (Wildman–Crippen MR) is 111 cm³/mol. The highest BCUT2D eigenvalue weighted by Crippen LogP contribution is 2.26. The molecule has 1 aliphatic heterocycles. The topological polar surface area (TPSA) is 56.7 Å². The minimum absolute atomic E-state index is 0.177. The number of hydrogen-bond donors (Lipinski definition) is 1. The van der Waals surface area contributed by atoms with Crippen molar-refractivity contribution >= 4 is 11.9 Å². The number of guanidine groups is 1. The molecule has 150 valence electrons. The van der Waals surface area contributed by atoms with Crippen molar-refractivity contribution in [1.82, 2.24) is 20.2 Å². The van der Waals surface area contributed by atoms with Gasteiger partial charge in [0.2, 0.25) is 5.95 Å². The van der Waals surface area contributed by atoms with Crippen molar-refractivity contribution in [2.45, 2.75) is 26.2 Å². The Morgan fingerprint density at radius 1 is 1.11 bits per heavy atom. The number of aliphatic imine (C=N–C) groups is 1. The van der Waals surface area contributed by atoms with Crippen LogP contribution in [0.2, 0.25) is 0 Å². The average Bonchev–Trinajstić information content (AvgIpc) is 2.72. The molecule has 1 aromatic heterocycles. The summed E-state index contributed by atoms with van der Waals surface area (Å²) in [5.74, 6) is 1.47. The quantitative estimate of drug-likeness (QED) is 0.635. The molecule has 0 spiro atoms. The van der Waals surface area contributed by atoms with Crippen molar-refractivity contribution in [3.05, 3.63) is 54.1 Å². The largest absolute Gasteiger partial charge is 0.357 e. The Balaban J connectivity index is 1.67. The molecule has 0 atom stereocenters. The van der Waals surface area contributed by atoms with Gasteiger partial charge in [0.15, 0.2) is 5.96 Å². The van der Waals surface area contributed by atoms with E-state index in [-0.39, 0.29) is 11.2 Å². The monoisotopic (exact) mass is 384 g/mol. The summed E-state index contributed by atoms with van der Waals surface area (Å²) in [7, 11) is 0. The van der Waals surface area contributed by atoms with E-state index >= 15 is 0 Å². The number of anilines is 1. The van der Waals surface area contributed by atoms with Crippen molar-refractivity contribution in [1.29, 1.82) is 0 Å². The lowest BCUT2D eigenvalue weighted by atomic mass is 9.84. The highest BCUT2D eigenvalue weighted by atomic mass is 19.1. The summed E-state index contributed by atoms with van der Waals surface area (Å²) >= 11 is 0. The van der Waals surface area contributed by atoms with Crippen molar-refractivity contribution in [2.75, 3.05) is 44.2 Å². The SMILES string of the molecule is CCNC(=NCC(C)(C)c1ccccc1F)N1CCN(c2ncccn2)CC1. The lowest BCUT2D eigenvalue weighted by Crippen LogP contribution is -2.53. The van der Waals surface area contributed by atoms with Crippen LogP contribution in [0.3, 0.4) is 0 Å². The predicted octanol–water partition coefficient (Wildman–Crippen LogP) is 2.68. The number of aromatic nitrogens is 2. The van der Waals surface area contributed by atoms with Crippen LogP contribution in [-0.2, 0) is 5.41 Å². The lowest BCUT2D eigenvalue weighted by Gasteiger charge is -2.37. The minimum Gasteiger partial charge on any atom is -0.357 e. The van der Waals surface area contributed by atoms with Crippen LogP contribution in [0.25, 0.3) is 0 Å². The average molecular weight is 385 g/mol. The molecule has 0 bridgehead atoms. The molecule has 0 unspecified atom stereocenters. The maximum atomic E-state index is 14.2. The molecular formula is C21H29FN6. The van der Waals surface area contributed by atoms with E-state index in [1.807, 2.05) is 32.0 Å². The third-order valence-electron chi connectivity index (χ3n) is 4.98. The maximum Gasteiger partial charge on any atom is 0.225 e. The first-order valence-corrected chi connectivity index (χ1v) is 9.81. The Morgan fingerprint density at radius 3 is 2.43 bits per heavy atom. The Labute approximate surface area is 166 Å². The van der Waals surface area contributed by atoms with Gasteiger partial charge in [0.05, 0.1) is 6.54 Å². The third-order valence-corrected chi connectivity index (χ3v) is 4.98. The Kier molecular flexibility index (Phi) is 6.44. The molecule has 1 saturated heterocycles. The van der Waals surface area contributed by atoms with Crippen LogP contribution in [-0.4, -0.2) is 60.1 Å². The molecule has 0 aliphatic carbocycles. The van der Waals surface area contributed by atoms with Gasteiger partial charge in [-0.3, -0.25) is 4.99 Å². The van der Waals surface area contributed by atoms with E-state index in [1.165, 1.54) is 6.07 Å². The fourth-order valence-corrected chi connectivity index (χ4v) is 3.37. The van der Waals surface area contributed by atoms with Crippen LogP contribution in [0.5, 0.6) is 0 Å². The van der Waals surface area contributed by atoms with Crippen LogP contribution >= 0.6 is 0 Å². The van der Waals surface area contributed by atoms with Crippen LogP contribution in [0.15, 0.2) is 47.7 Å². The van der Waals surface area contributed by atoms with Gasteiger partial charge in [0.25, 0.3) is 0 Å². The van der Waals surface area contributed by atoms with Gasteiger partial charge in [-0.1, -0.05) is 32.0 Å². The molecule has 0 radical (unpaired) electrons. The second-order valence-corrected chi connectivity index (χ2v) is 7.56. The van der Waals surface area contributed by atoms with Crippen molar-refractivity contribution in [3.63, 3.8) is 0 Å². The number of nitrogens with zero attached hydrogens (tertiary/aromatic N) is 5. The van der Waals surface area contributed by atoms with Crippen LogP contribution in [0.4, 0.5) is 10.3 Å². The summed E-state index contributed by atoms with van der Waals surface area (Å²) in [4.78, 5) is 17.9. The van der Waals surface area contributed by atoms with Gasteiger partial charge in [0.1, 0.15) is 5.82 Å². The van der Waals surface area contributed by atoms with Gasteiger partial charge in [-0.2, -0.15) is 0 Å². The second kappa shape index (κ2) is 8.99. The van der Waals surface area contributed by atoms with Crippen LogP contribution in [0, 0.1) is 5.82 Å². The van der Waals surface area contributed by atoms with E-state index in [2.05, 4.69) is 32.0 Å². The number of halogens is 1. The zero-order chi connectivity index (χ0) is 20.0. The molecule has 1 aromatic carbocycles. The van der Waals surface area contributed by atoms with Gasteiger partial charge in [-0.25, -0.2) is 14.4 Å². The molecule has 0 amide bonds. The zero-order valence-corrected chi connectivity index (χ0v) is 16.9. The Hall–Kier alpha value is -2.70. The van der Waals surface area contributed by atoms with Crippen molar-refractivity contribution < 1.29 is 4.39 Å². The van der Waals surface area contributed by atoms with Gasteiger partial charge in [-0.05, 0) is 24.6 Å². The zero-order valence-electron chi connectivity index (χ0n) is 16.9. The summed E-state index contributed by atoms with van der Waals surface area (Å²) in [5.41, 5.74) is 0.312. The first-order chi connectivity index (χ1) is 13.5. The number of benzene rings is 1. The molecule has 6 nitrogen and oxygen atoms in total. The van der Waals surface area contributed by atoms with Gasteiger partial charge >= 0.3 is 0 Å². The minimum atomic E-state index is -0.383. The van der Waals surface area contributed by atoms with Crippen LogP contribution in [0.1, 0.15) is 26.3 Å². The number of hydrogen-bond acceptors (Lipinski definition) is 4. The molecule has 7 heteroatoms. The molecule has 2 heterocycles. The highest BCUT2D eigenvalue weighted by Gasteiger charge is 2.25. The van der Waals surface area contributed by atoms with Crippen LogP contribution < -0.4 is 10.2 Å². The van der Waals surface area contributed by atoms with Gasteiger partial charge in [0, 0.05) is 50.5 Å². The van der Waals surface area contributed by atoms with E-state index in [1.54, 1.807) is 18.5 Å². The third kappa shape index (κ3) is 4.77. The van der Waals surface area contributed by atoms with E-state index in [4.69, 9.17) is 4.99 Å². The first kappa shape index (κ1) is 20.0. The number of rotatable bonds is 5. The fraction of sp³-hybridized carbons (Fsp3) is 0.476. The maximum absolute atomic E-state index is 14.2. The van der Waals surface area contributed by atoms with E-state index in [9.17, 15) is 4.39 Å². The summed E-state index contributed by atoms with van der Waals surface area (Å²) < 4.78 is 14.2. The van der Waals surface area contributed by atoms with Crippen molar-refractivity contribution in [2.24, 2.45) is 4.99 Å². The summed E-state index contributed by atoms with van der Waals surface area (Å²) in [6, 6.07) is 8.78. The molecule has 1 N–H and O–H groups in total. The summed E-state index contributed by atoms with van der Waals surface area (Å²) in [6.45, 7) is 10.8. The molecule has 0 saturated carbocycles. The molecular weight excluding hydrogens is 355 g/mol. The van der Waals surface area contributed by atoms with Crippen molar-refractivity contribution in [3.8, 4) is 0 Å². The molecule has 1 fully saturated rings. The standard InChI is InChI=1S/C21H29FN6/c1-4-23-19(26-16-21(2,3)17-8-5-6-9-18(17)22)27-12-14-28(15-13-27)20-24-10-7-11-25-20/h5-11H,4,12-16H2,1-3H3,(H,23,26). The smallest absolute Gasteiger partial charge is 0.225 e. The van der Waals surface area contributed by atoms with E-state index in [0.717, 1.165) is 44.6 Å². The normalized spacial score (nSPS) is 15.6. The number of piperazine rings is 1. The Morgan fingerprint density at radius 2 is 1.79 bits per heavy atom. The fourth-order valence-electron chi connectivity index (χ4n) is 3.37. The van der Waals surface area contributed by atoms with Gasteiger partial charge in [-0.15, -0.1) is 0 Å². The van der Waals surface area contributed by atoms with E-state index in [0.29, 0.717) is 12.1 Å². The highest BCUT2D eigenvalue weighted by molar-refractivity contribution is 5.80. The number of nitrogens with one attached hydrogen (secondary N) is 1. The van der Waals surface area contributed by atoms with Gasteiger partial charge < -0.3 is 15.1 Å². The molecule has 1 aliphatic rings. The second-order valence-electron chi connectivity index (χ2n) is 7.56. The lowest BCUT2D eigenvalue weighted by molar-refractivity contribution is 0.367. The Bertz CT molecular complexity index is 784.